The van der Waals surface area contributed by atoms with E-state index >= 15 is 0 Å². The van der Waals surface area contributed by atoms with Gasteiger partial charge in [-0.15, -0.1) is 0 Å². The molecule has 6 nitrogen and oxygen atoms in total. The van der Waals surface area contributed by atoms with Crippen LogP contribution in [0.2, 0.25) is 0 Å². The van der Waals surface area contributed by atoms with Crippen LogP contribution in [0, 0.1) is 0 Å². The zero-order valence-corrected chi connectivity index (χ0v) is 51.5. The predicted octanol–water partition coefficient (Wildman–Crippen LogP) is 22.1. The molecule has 0 saturated heterocycles. The smallest absolute Gasteiger partial charge is 0.305 e. The Bertz CT molecular complexity index is 1190. The van der Waals surface area contributed by atoms with Crippen LogP contribution in [0.1, 0.15) is 386 Å². The summed E-state index contributed by atoms with van der Waals surface area (Å²) in [6.07, 6.45) is 82.1. The van der Waals surface area contributed by atoms with Crippen molar-refractivity contribution in [3.63, 3.8) is 0 Å². The number of aliphatic hydroxyl groups excluding tert-OH is 2. The van der Waals surface area contributed by atoms with Gasteiger partial charge >= 0.3 is 5.97 Å². The molecule has 0 saturated carbocycles. The van der Waals surface area contributed by atoms with Crippen molar-refractivity contribution in [2.24, 2.45) is 0 Å². The van der Waals surface area contributed by atoms with Crippen LogP contribution in [-0.2, 0) is 14.3 Å². The molecule has 0 radical (unpaired) electrons. The SMILES string of the molecule is CCCCCCCC/C=C\CCCCCCCCCCCC(=O)OCCCCCCCCCCCCCC/C=C\CCCCCCCCCCC(=O)NC(CO)C(O)CCCCCCCCCCCCCCCCCC. The average Bonchev–Trinajstić information content (AvgIpc) is 3.42. The first-order chi connectivity index (χ1) is 37.5. The summed E-state index contributed by atoms with van der Waals surface area (Å²) >= 11 is 0. The molecule has 1 amide bonds. The van der Waals surface area contributed by atoms with E-state index in [2.05, 4.69) is 43.5 Å². The first-order valence-corrected chi connectivity index (χ1v) is 34.6. The maximum Gasteiger partial charge on any atom is 0.305 e. The molecule has 2 unspecified atom stereocenters. The third kappa shape index (κ3) is 61.6. The fourth-order valence-corrected chi connectivity index (χ4v) is 10.9. The maximum atomic E-state index is 12.5. The highest BCUT2D eigenvalue weighted by Crippen LogP contribution is 2.18. The van der Waals surface area contributed by atoms with Gasteiger partial charge in [-0.05, 0) is 77.0 Å². The van der Waals surface area contributed by atoms with E-state index in [1.807, 2.05) is 0 Å². The maximum absolute atomic E-state index is 12.5. The van der Waals surface area contributed by atoms with Gasteiger partial charge in [0, 0.05) is 12.8 Å². The van der Waals surface area contributed by atoms with Crippen LogP contribution in [0.3, 0.4) is 0 Å². The van der Waals surface area contributed by atoms with Gasteiger partial charge in [0.15, 0.2) is 0 Å². The van der Waals surface area contributed by atoms with Crippen LogP contribution < -0.4 is 5.32 Å². The zero-order valence-electron chi connectivity index (χ0n) is 51.5. The number of ether oxygens (including phenoxy) is 1. The molecule has 0 aliphatic heterocycles. The normalized spacial score (nSPS) is 12.6. The fraction of sp³-hybridized carbons (Fsp3) is 0.914. The number of rotatable bonds is 65. The minimum atomic E-state index is -0.667. The molecular weight excluding hydrogens is 935 g/mol. The summed E-state index contributed by atoms with van der Waals surface area (Å²) in [5, 5.41) is 23.3. The number of hydrogen-bond acceptors (Lipinski definition) is 5. The van der Waals surface area contributed by atoms with Crippen molar-refractivity contribution in [1.29, 1.82) is 0 Å². The van der Waals surface area contributed by atoms with Crippen LogP contribution in [0.25, 0.3) is 0 Å². The minimum Gasteiger partial charge on any atom is -0.466 e. The standard InChI is InChI=1S/C70H135NO5/c1-3-5-7-9-11-13-15-17-19-21-28-32-36-40-44-48-52-56-60-64-70(75)76-65-61-57-53-49-45-41-37-33-30-27-25-23-22-24-26-29-31-35-39-43-47-51-55-59-63-69(74)71-67(66-72)68(73)62-58-54-50-46-42-38-34-20-18-16-14-12-10-8-6-4-2/h17,19,24,26,67-68,72-73H,3-16,18,20-23,25,27-66H2,1-2H3,(H,71,74)/b19-17-,26-24-. The molecule has 0 fully saturated rings. The van der Waals surface area contributed by atoms with Crippen LogP contribution in [0.5, 0.6) is 0 Å². The molecule has 3 N–H and O–H groups in total. The Morgan fingerprint density at radius 2 is 0.618 bits per heavy atom. The number of aliphatic hydroxyl groups is 2. The van der Waals surface area contributed by atoms with E-state index in [4.69, 9.17) is 4.74 Å². The zero-order chi connectivity index (χ0) is 55.0. The highest BCUT2D eigenvalue weighted by molar-refractivity contribution is 5.76. The lowest BCUT2D eigenvalue weighted by Gasteiger charge is -2.22. The Morgan fingerprint density at radius 3 is 0.934 bits per heavy atom. The Hall–Kier alpha value is -1.66. The van der Waals surface area contributed by atoms with Gasteiger partial charge in [0.05, 0.1) is 25.4 Å². The summed E-state index contributed by atoms with van der Waals surface area (Å²) in [6, 6.07) is -0.545. The molecule has 0 aromatic rings. The van der Waals surface area contributed by atoms with Crippen molar-refractivity contribution in [3.8, 4) is 0 Å². The molecular formula is C70H135NO5. The highest BCUT2D eigenvalue weighted by Gasteiger charge is 2.20. The van der Waals surface area contributed by atoms with Crippen molar-refractivity contribution >= 4 is 11.9 Å². The average molecular weight is 1070 g/mol. The van der Waals surface area contributed by atoms with Gasteiger partial charge < -0.3 is 20.3 Å². The van der Waals surface area contributed by atoms with Gasteiger partial charge in [-0.3, -0.25) is 9.59 Å². The summed E-state index contributed by atoms with van der Waals surface area (Å²) in [6.45, 7) is 4.98. The number of esters is 1. The van der Waals surface area contributed by atoms with E-state index in [0.29, 0.717) is 25.9 Å². The summed E-state index contributed by atoms with van der Waals surface area (Å²) < 4.78 is 5.51. The number of nitrogens with one attached hydrogen (secondary N) is 1. The molecule has 2 atom stereocenters. The van der Waals surface area contributed by atoms with Crippen LogP contribution in [0.15, 0.2) is 24.3 Å². The Kier molecular flexibility index (Phi) is 64.4. The van der Waals surface area contributed by atoms with Gasteiger partial charge in [0.25, 0.3) is 0 Å². The second-order valence-corrected chi connectivity index (χ2v) is 23.9. The van der Waals surface area contributed by atoms with Crippen molar-refractivity contribution in [3.05, 3.63) is 24.3 Å². The van der Waals surface area contributed by atoms with E-state index in [1.54, 1.807) is 0 Å². The second kappa shape index (κ2) is 65.9. The van der Waals surface area contributed by atoms with E-state index in [-0.39, 0.29) is 18.5 Å². The number of amides is 1. The van der Waals surface area contributed by atoms with Gasteiger partial charge in [-0.2, -0.15) is 0 Å². The number of hydrogen-bond donors (Lipinski definition) is 3. The molecule has 0 bridgehead atoms. The van der Waals surface area contributed by atoms with Gasteiger partial charge in [0.1, 0.15) is 0 Å². The number of unbranched alkanes of at least 4 members (excludes halogenated alkanes) is 50. The van der Waals surface area contributed by atoms with E-state index in [0.717, 1.165) is 44.9 Å². The summed E-state index contributed by atoms with van der Waals surface area (Å²) in [4.78, 5) is 24.6. The van der Waals surface area contributed by atoms with Crippen LogP contribution in [-0.4, -0.2) is 47.4 Å². The minimum absolute atomic E-state index is 0.0129. The number of allylic oxidation sites excluding steroid dienone is 4. The molecule has 450 valence electrons. The monoisotopic (exact) mass is 1070 g/mol. The molecule has 0 heterocycles. The molecule has 0 aliphatic carbocycles. The highest BCUT2D eigenvalue weighted by atomic mass is 16.5. The topological polar surface area (TPSA) is 95.9 Å². The summed E-state index contributed by atoms with van der Waals surface area (Å²) in [5.74, 6) is -0.0237. The first-order valence-electron chi connectivity index (χ1n) is 34.6. The Balaban J connectivity index is 3.38. The lowest BCUT2D eigenvalue weighted by Crippen LogP contribution is -2.45. The number of carbonyl (C=O) groups excluding carboxylic acids is 2. The summed E-state index contributed by atoms with van der Waals surface area (Å²) in [7, 11) is 0. The van der Waals surface area contributed by atoms with Crippen molar-refractivity contribution in [2.45, 2.75) is 398 Å². The predicted molar refractivity (Wildman–Crippen MR) is 333 cm³/mol. The van der Waals surface area contributed by atoms with Gasteiger partial charge in [-0.25, -0.2) is 0 Å². The fourth-order valence-electron chi connectivity index (χ4n) is 10.9. The van der Waals surface area contributed by atoms with Gasteiger partial charge in [0.2, 0.25) is 5.91 Å². The molecule has 0 spiro atoms. The van der Waals surface area contributed by atoms with Crippen LogP contribution in [0.4, 0.5) is 0 Å². The molecule has 0 rings (SSSR count). The number of carbonyl (C=O) groups is 2. The largest absolute Gasteiger partial charge is 0.466 e. The molecule has 76 heavy (non-hydrogen) atoms. The van der Waals surface area contributed by atoms with Crippen molar-refractivity contribution in [1.82, 2.24) is 5.32 Å². The molecule has 0 aromatic carbocycles. The van der Waals surface area contributed by atoms with Crippen LogP contribution >= 0.6 is 0 Å². The summed E-state index contributed by atoms with van der Waals surface area (Å²) in [5.41, 5.74) is 0. The van der Waals surface area contributed by atoms with Crippen molar-refractivity contribution < 1.29 is 24.5 Å². The Labute approximate surface area is 475 Å². The van der Waals surface area contributed by atoms with E-state index in [1.165, 1.54) is 308 Å². The first kappa shape index (κ1) is 74.3. The quantitative estimate of drug-likeness (QED) is 0.0320. The third-order valence-electron chi connectivity index (χ3n) is 16.2. The van der Waals surface area contributed by atoms with Crippen molar-refractivity contribution in [2.75, 3.05) is 13.2 Å². The molecule has 0 aromatic heterocycles. The van der Waals surface area contributed by atoms with E-state index in [9.17, 15) is 19.8 Å². The van der Waals surface area contributed by atoms with Gasteiger partial charge in [-0.1, -0.05) is 321 Å². The lowest BCUT2D eigenvalue weighted by molar-refractivity contribution is -0.143. The Morgan fingerprint density at radius 1 is 0.355 bits per heavy atom. The lowest BCUT2D eigenvalue weighted by atomic mass is 10.0. The molecule has 0 aliphatic rings. The van der Waals surface area contributed by atoms with E-state index < -0.39 is 12.1 Å². The third-order valence-corrected chi connectivity index (χ3v) is 16.2. The second-order valence-electron chi connectivity index (χ2n) is 23.9. The molecule has 6 heteroatoms.